The summed E-state index contributed by atoms with van der Waals surface area (Å²) < 4.78 is 17.6. The van der Waals surface area contributed by atoms with Gasteiger partial charge in [-0.15, -0.1) is 5.10 Å². The summed E-state index contributed by atoms with van der Waals surface area (Å²) in [7, 11) is 3.09. The number of carboxylic acids is 1. The molecule has 1 aromatic heterocycles. The Morgan fingerprint density at radius 2 is 1.79 bits per heavy atom. The van der Waals surface area contributed by atoms with Crippen LogP contribution >= 0.6 is 0 Å². The SMILES string of the molecule is COc1ccc(OC)c(-n2nnc(C(=O)Nc3cc(OCC(=O)O)cc(C(C)(C)C)c3)c2C)c1. The zero-order valence-corrected chi connectivity index (χ0v) is 20.0. The Morgan fingerprint density at radius 1 is 1.06 bits per heavy atom. The minimum Gasteiger partial charge on any atom is -0.497 e. The first kappa shape index (κ1) is 24.6. The van der Waals surface area contributed by atoms with Gasteiger partial charge >= 0.3 is 5.97 Å². The molecule has 0 fully saturated rings. The zero-order valence-electron chi connectivity index (χ0n) is 20.0. The highest BCUT2D eigenvalue weighted by molar-refractivity contribution is 6.03. The highest BCUT2D eigenvalue weighted by atomic mass is 16.5. The number of carbonyl (C=O) groups excluding carboxylic acids is 1. The lowest BCUT2D eigenvalue weighted by atomic mass is 9.86. The van der Waals surface area contributed by atoms with Gasteiger partial charge in [0.1, 0.15) is 22.9 Å². The summed E-state index contributed by atoms with van der Waals surface area (Å²) in [6.45, 7) is 7.25. The van der Waals surface area contributed by atoms with Crippen LogP contribution in [0, 0.1) is 6.92 Å². The topological polar surface area (TPSA) is 125 Å². The maximum atomic E-state index is 13.1. The van der Waals surface area contributed by atoms with E-state index in [1.165, 1.54) is 11.8 Å². The maximum Gasteiger partial charge on any atom is 0.341 e. The number of aromatic nitrogens is 3. The number of anilines is 1. The van der Waals surface area contributed by atoms with E-state index in [-0.39, 0.29) is 11.1 Å². The maximum absolute atomic E-state index is 13.1. The molecule has 3 rings (SSSR count). The number of nitrogens with zero attached hydrogens (tertiary/aromatic N) is 3. The molecule has 0 bridgehead atoms. The summed E-state index contributed by atoms with van der Waals surface area (Å²) in [5, 5.41) is 20.0. The van der Waals surface area contributed by atoms with Crippen LogP contribution in [0.1, 0.15) is 42.5 Å². The van der Waals surface area contributed by atoms with Crippen molar-refractivity contribution < 1.29 is 28.9 Å². The number of methoxy groups -OCH3 is 2. The van der Waals surface area contributed by atoms with Crippen LogP contribution in [0.5, 0.6) is 17.2 Å². The smallest absolute Gasteiger partial charge is 0.341 e. The number of rotatable bonds is 8. The Balaban J connectivity index is 1.93. The van der Waals surface area contributed by atoms with Crippen molar-refractivity contribution in [1.82, 2.24) is 15.0 Å². The second-order valence-corrected chi connectivity index (χ2v) is 8.61. The fourth-order valence-corrected chi connectivity index (χ4v) is 3.25. The third-order valence-corrected chi connectivity index (χ3v) is 5.12. The van der Waals surface area contributed by atoms with Crippen molar-refractivity contribution >= 4 is 17.6 Å². The van der Waals surface area contributed by atoms with Crippen LogP contribution in [0.2, 0.25) is 0 Å². The summed E-state index contributed by atoms with van der Waals surface area (Å²) in [6, 6.07) is 10.4. The molecule has 180 valence electrons. The Bertz CT molecular complexity index is 1210. The zero-order chi connectivity index (χ0) is 25.0. The number of amides is 1. The van der Waals surface area contributed by atoms with Gasteiger partial charge in [-0.3, -0.25) is 4.79 Å². The van der Waals surface area contributed by atoms with Gasteiger partial charge in [0.15, 0.2) is 12.3 Å². The molecule has 1 amide bonds. The highest BCUT2D eigenvalue weighted by Gasteiger charge is 2.22. The number of ether oxygens (including phenoxy) is 3. The first-order valence-corrected chi connectivity index (χ1v) is 10.5. The molecule has 2 aromatic carbocycles. The molecule has 0 spiro atoms. The average Bonchev–Trinajstić information content (AvgIpc) is 3.17. The second-order valence-electron chi connectivity index (χ2n) is 8.61. The first-order valence-electron chi connectivity index (χ1n) is 10.5. The summed E-state index contributed by atoms with van der Waals surface area (Å²) in [5.41, 5.74) is 2.25. The van der Waals surface area contributed by atoms with Crippen molar-refractivity contribution in [3.05, 3.63) is 53.3 Å². The van der Waals surface area contributed by atoms with Crippen LogP contribution in [0.25, 0.3) is 5.69 Å². The predicted molar refractivity (Wildman–Crippen MR) is 125 cm³/mol. The Morgan fingerprint density at radius 3 is 2.41 bits per heavy atom. The normalized spacial score (nSPS) is 11.1. The number of nitrogens with one attached hydrogen (secondary N) is 1. The molecule has 0 unspecified atom stereocenters. The second kappa shape index (κ2) is 9.82. The van der Waals surface area contributed by atoms with E-state index < -0.39 is 18.5 Å². The number of aliphatic carboxylic acids is 1. The summed E-state index contributed by atoms with van der Waals surface area (Å²) in [4.78, 5) is 24.0. The molecular weight excluding hydrogens is 440 g/mol. The fraction of sp³-hybridized carbons (Fsp3) is 0.333. The molecule has 2 N–H and O–H groups in total. The van der Waals surface area contributed by atoms with Gasteiger partial charge in [-0.2, -0.15) is 0 Å². The number of carboxylic acid groups (broad SMARTS) is 1. The Kier molecular flexibility index (Phi) is 7.09. The van der Waals surface area contributed by atoms with Gasteiger partial charge in [-0.1, -0.05) is 26.0 Å². The summed E-state index contributed by atoms with van der Waals surface area (Å²) in [6.07, 6.45) is 0. The molecule has 3 aromatic rings. The van der Waals surface area contributed by atoms with Crippen LogP contribution in [0.15, 0.2) is 36.4 Å². The van der Waals surface area contributed by atoms with Gasteiger partial charge in [0.25, 0.3) is 5.91 Å². The van der Waals surface area contributed by atoms with E-state index in [0.717, 1.165) is 5.56 Å². The van der Waals surface area contributed by atoms with Gasteiger partial charge in [0, 0.05) is 17.8 Å². The molecule has 0 atom stereocenters. The van der Waals surface area contributed by atoms with E-state index in [1.54, 1.807) is 44.4 Å². The van der Waals surface area contributed by atoms with Crippen molar-refractivity contribution in [1.29, 1.82) is 0 Å². The van der Waals surface area contributed by atoms with E-state index in [0.29, 0.717) is 34.3 Å². The van der Waals surface area contributed by atoms with E-state index in [2.05, 4.69) is 15.6 Å². The van der Waals surface area contributed by atoms with E-state index in [1.807, 2.05) is 26.8 Å². The molecule has 0 radical (unpaired) electrons. The fourth-order valence-electron chi connectivity index (χ4n) is 3.25. The summed E-state index contributed by atoms with van der Waals surface area (Å²) in [5.74, 6) is -0.0807. The van der Waals surface area contributed by atoms with E-state index in [4.69, 9.17) is 19.3 Å². The Labute approximate surface area is 197 Å². The van der Waals surface area contributed by atoms with Crippen molar-refractivity contribution in [3.8, 4) is 22.9 Å². The minimum absolute atomic E-state index is 0.124. The van der Waals surface area contributed by atoms with Crippen molar-refractivity contribution in [2.75, 3.05) is 26.1 Å². The quantitative estimate of drug-likeness (QED) is 0.514. The molecule has 0 aliphatic heterocycles. The molecule has 10 nitrogen and oxygen atoms in total. The molecule has 0 saturated carbocycles. The van der Waals surface area contributed by atoms with Crippen LogP contribution < -0.4 is 19.5 Å². The largest absolute Gasteiger partial charge is 0.497 e. The third kappa shape index (κ3) is 5.45. The number of carbonyl (C=O) groups is 2. The lowest BCUT2D eigenvalue weighted by Gasteiger charge is -2.21. The van der Waals surface area contributed by atoms with Gasteiger partial charge in [-0.05, 0) is 42.2 Å². The van der Waals surface area contributed by atoms with E-state index >= 15 is 0 Å². The van der Waals surface area contributed by atoms with Crippen LogP contribution in [0.3, 0.4) is 0 Å². The molecule has 1 heterocycles. The lowest BCUT2D eigenvalue weighted by molar-refractivity contribution is -0.139. The van der Waals surface area contributed by atoms with Crippen molar-refractivity contribution in [2.45, 2.75) is 33.1 Å². The van der Waals surface area contributed by atoms with Gasteiger partial charge in [0.05, 0.1) is 19.9 Å². The van der Waals surface area contributed by atoms with Gasteiger partial charge in [-0.25, -0.2) is 9.48 Å². The van der Waals surface area contributed by atoms with Crippen LogP contribution in [-0.4, -0.2) is 52.8 Å². The predicted octanol–water partition coefficient (Wildman–Crippen LogP) is 3.61. The molecule has 0 saturated heterocycles. The van der Waals surface area contributed by atoms with Gasteiger partial charge < -0.3 is 24.6 Å². The number of hydrogen-bond donors (Lipinski definition) is 2. The van der Waals surface area contributed by atoms with Gasteiger partial charge in [0.2, 0.25) is 0 Å². The molecule has 0 aliphatic carbocycles. The molecule has 34 heavy (non-hydrogen) atoms. The molecule has 0 aliphatic rings. The third-order valence-electron chi connectivity index (χ3n) is 5.12. The number of benzene rings is 2. The molecular formula is C24H28N4O6. The number of hydrogen-bond acceptors (Lipinski definition) is 7. The highest BCUT2D eigenvalue weighted by Crippen LogP contribution is 2.31. The van der Waals surface area contributed by atoms with Crippen molar-refractivity contribution in [3.63, 3.8) is 0 Å². The van der Waals surface area contributed by atoms with Crippen LogP contribution in [0.4, 0.5) is 5.69 Å². The monoisotopic (exact) mass is 468 g/mol. The Hall–Kier alpha value is -4.08. The first-order chi connectivity index (χ1) is 16.0. The minimum atomic E-state index is -1.09. The van der Waals surface area contributed by atoms with E-state index in [9.17, 15) is 9.59 Å². The average molecular weight is 469 g/mol. The summed E-state index contributed by atoms with van der Waals surface area (Å²) >= 11 is 0. The van der Waals surface area contributed by atoms with Crippen LogP contribution in [-0.2, 0) is 10.2 Å². The molecule has 10 heteroatoms. The lowest BCUT2D eigenvalue weighted by Crippen LogP contribution is -2.17. The standard InChI is InChI=1S/C24H28N4O6/c1-14-22(26-27-28(14)19-12-17(32-5)7-8-20(19)33-6)23(31)25-16-9-15(24(2,3)4)10-18(11-16)34-13-21(29)30/h7-12H,13H2,1-6H3,(H,25,31)(H,29,30). The van der Waals surface area contributed by atoms with Crippen molar-refractivity contribution in [2.24, 2.45) is 0 Å².